The summed E-state index contributed by atoms with van der Waals surface area (Å²) in [6.45, 7) is 2.15. The van der Waals surface area contributed by atoms with Gasteiger partial charge in [0.25, 0.3) is 0 Å². The van der Waals surface area contributed by atoms with E-state index >= 15 is 0 Å². The van der Waals surface area contributed by atoms with E-state index < -0.39 is 0 Å². The highest BCUT2D eigenvalue weighted by Crippen LogP contribution is 2.03. The molecule has 0 saturated heterocycles. The molecule has 2 heteroatoms. The lowest BCUT2D eigenvalue weighted by Gasteiger charge is -1.95. The van der Waals surface area contributed by atoms with Crippen molar-refractivity contribution in [2.75, 3.05) is 0 Å². The molecule has 1 radical (unpaired) electrons. The summed E-state index contributed by atoms with van der Waals surface area (Å²) in [5.41, 5.74) is 2.11. The van der Waals surface area contributed by atoms with Crippen LogP contribution in [0.5, 0.6) is 0 Å². The topological polar surface area (TPSA) is 29.1 Å². The molecule has 0 amide bonds. The van der Waals surface area contributed by atoms with Crippen LogP contribution in [0.3, 0.4) is 0 Å². The van der Waals surface area contributed by atoms with Gasteiger partial charge in [-0.3, -0.25) is 0 Å². The first-order valence-corrected chi connectivity index (χ1v) is 3.13. The highest BCUT2D eigenvalue weighted by molar-refractivity contribution is 5.20. The molecule has 0 atom stereocenters. The van der Waals surface area contributed by atoms with E-state index in [-0.39, 0.29) is 6.61 Å². The Bertz CT molecular complexity index is 191. The fourth-order valence-electron chi connectivity index (χ4n) is 0.752. The molecule has 0 heterocycles. The maximum Gasteiger partial charge on any atom is 0.111 e. The van der Waals surface area contributed by atoms with Crippen molar-refractivity contribution in [1.29, 1.82) is 0 Å². The second-order valence-corrected chi connectivity index (χ2v) is 2.25. The molecule has 53 valence electrons. The second-order valence-electron chi connectivity index (χ2n) is 2.25. The summed E-state index contributed by atoms with van der Waals surface area (Å²) in [6, 6.07) is 7.67. The van der Waals surface area contributed by atoms with Crippen LogP contribution in [0.1, 0.15) is 11.1 Å². The van der Waals surface area contributed by atoms with Crippen molar-refractivity contribution in [3.05, 3.63) is 35.4 Å². The SMILES string of the molecule is Cc1ccc(CO[O])cc1. The molecule has 2 nitrogen and oxygen atoms in total. The minimum atomic E-state index is 0.153. The van der Waals surface area contributed by atoms with Crippen LogP contribution in [0.2, 0.25) is 0 Å². The van der Waals surface area contributed by atoms with Crippen molar-refractivity contribution < 1.29 is 10.1 Å². The van der Waals surface area contributed by atoms with E-state index in [0.717, 1.165) is 5.56 Å². The first-order chi connectivity index (χ1) is 4.83. The summed E-state index contributed by atoms with van der Waals surface area (Å²) >= 11 is 0. The Morgan fingerprint density at radius 3 is 2.40 bits per heavy atom. The Balaban J connectivity index is 2.69. The van der Waals surface area contributed by atoms with E-state index in [1.165, 1.54) is 5.56 Å². The zero-order chi connectivity index (χ0) is 7.40. The van der Waals surface area contributed by atoms with Crippen LogP contribution in [0.25, 0.3) is 0 Å². The molecule has 0 N–H and O–H groups in total. The van der Waals surface area contributed by atoms with Crippen LogP contribution in [0.15, 0.2) is 24.3 Å². The van der Waals surface area contributed by atoms with Gasteiger partial charge in [0.1, 0.15) is 6.61 Å². The maximum absolute atomic E-state index is 9.68. The second kappa shape index (κ2) is 3.34. The monoisotopic (exact) mass is 137 g/mol. The Morgan fingerprint density at radius 1 is 1.30 bits per heavy atom. The number of rotatable bonds is 2. The lowest BCUT2D eigenvalue weighted by molar-refractivity contribution is -0.313. The van der Waals surface area contributed by atoms with Crippen molar-refractivity contribution in [1.82, 2.24) is 0 Å². The number of aryl methyl sites for hydroxylation is 1. The van der Waals surface area contributed by atoms with Gasteiger partial charge in [0, 0.05) is 0 Å². The van der Waals surface area contributed by atoms with Crippen molar-refractivity contribution in [2.24, 2.45) is 0 Å². The summed E-state index contributed by atoms with van der Waals surface area (Å²) in [6.07, 6.45) is 0. The molecule has 1 aromatic rings. The summed E-state index contributed by atoms with van der Waals surface area (Å²) in [5, 5.41) is 9.68. The van der Waals surface area contributed by atoms with Crippen LogP contribution < -0.4 is 0 Å². The van der Waals surface area contributed by atoms with Crippen molar-refractivity contribution >= 4 is 0 Å². The molecule has 0 unspecified atom stereocenters. The highest BCUT2D eigenvalue weighted by Gasteiger charge is 1.90. The third-order valence-corrected chi connectivity index (χ3v) is 1.35. The average molecular weight is 137 g/mol. The summed E-state index contributed by atoms with van der Waals surface area (Å²) in [7, 11) is 0. The first kappa shape index (κ1) is 7.25. The van der Waals surface area contributed by atoms with Gasteiger partial charge in [0.2, 0.25) is 0 Å². The van der Waals surface area contributed by atoms with Crippen LogP contribution >= 0.6 is 0 Å². The number of hydrogen-bond donors (Lipinski definition) is 0. The third-order valence-electron chi connectivity index (χ3n) is 1.35. The number of hydrogen-bond acceptors (Lipinski definition) is 1. The average Bonchev–Trinajstić information content (AvgIpc) is 1.95. The van der Waals surface area contributed by atoms with E-state index in [9.17, 15) is 5.26 Å². The summed E-state index contributed by atoms with van der Waals surface area (Å²) in [4.78, 5) is 3.72. The van der Waals surface area contributed by atoms with Crippen molar-refractivity contribution in [3.63, 3.8) is 0 Å². The molecule has 0 saturated carbocycles. The molecule has 0 fully saturated rings. The zero-order valence-electron chi connectivity index (χ0n) is 5.83. The molecule has 0 bridgehead atoms. The largest absolute Gasteiger partial charge is 0.199 e. The molecular weight excluding hydrogens is 128 g/mol. The van der Waals surface area contributed by atoms with Gasteiger partial charge in [-0.05, 0) is 17.7 Å². The third kappa shape index (κ3) is 1.83. The van der Waals surface area contributed by atoms with E-state index in [1.54, 1.807) is 0 Å². The van der Waals surface area contributed by atoms with Crippen LogP contribution in [0.4, 0.5) is 0 Å². The molecule has 0 aliphatic heterocycles. The molecule has 0 aliphatic carbocycles. The van der Waals surface area contributed by atoms with Gasteiger partial charge in [0.05, 0.1) is 0 Å². The smallest absolute Gasteiger partial charge is 0.111 e. The molecule has 0 aliphatic rings. The van der Waals surface area contributed by atoms with E-state index in [0.29, 0.717) is 0 Å². The fraction of sp³-hybridized carbons (Fsp3) is 0.250. The van der Waals surface area contributed by atoms with Gasteiger partial charge in [0.15, 0.2) is 0 Å². The minimum Gasteiger partial charge on any atom is -0.199 e. The van der Waals surface area contributed by atoms with E-state index in [4.69, 9.17) is 0 Å². The Morgan fingerprint density at radius 2 is 1.90 bits per heavy atom. The molecular formula is C8H9O2. The molecule has 1 aromatic carbocycles. The zero-order valence-corrected chi connectivity index (χ0v) is 5.83. The normalized spacial score (nSPS) is 9.80. The van der Waals surface area contributed by atoms with Crippen LogP contribution in [-0.4, -0.2) is 0 Å². The molecule has 0 aromatic heterocycles. The minimum absolute atomic E-state index is 0.153. The van der Waals surface area contributed by atoms with E-state index in [2.05, 4.69) is 4.89 Å². The maximum atomic E-state index is 9.68. The van der Waals surface area contributed by atoms with Gasteiger partial charge in [-0.1, -0.05) is 29.8 Å². The lowest BCUT2D eigenvalue weighted by Crippen LogP contribution is -1.85. The van der Waals surface area contributed by atoms with Crippen LogP contribution in [-0.2, 0) is 16.8 Å². The van der Waals surface area contributed by atoms with E-state index in [1.807, 2.05) is 31.2 Å². The quantitative estimate of drug-likeness (QED) is 0.451. The molecule has 10 heavy (non-hydrogen) atoms. The van der Waals surface area contributed by atoms with Crippen LogP contribution in [0, 0.1) is 6.92 Å². The lowest BCUT2D eigenvalue weighted by atomic mass is 10.2. The van der Waals surface area contributed by atoms with Gasteiger partial charge in [-0.25, -0.2) is 0 Å². The Hall–Kier alpha value is -0.860. The first-order valence-electron chi connectivity index (χ1n) is 3.13. The summed E-state index contributed by atoms with van der Waals surface area (Å²) < 4.78 is 0. The highest BCUT2D eigenvalue weighted by atomic mass is 17.1. The summed E-state index contributed by atoms with van der Waals surface area (Å²) in [5.74, 6) is 0. The molecule has 1 rings (SSSR count). The van der Waals surface area contributed by atoms with Gasteiger partial charge in [-0.15, -0.1) is 0 Å². The van der Waals surface area contributed by atoms with Crippen molar-refractivity contribution in [2.45, 2.75) is 13.5 Å². The Labute approximate surface area is 60.0 Å². The predicted molar refractivity (Wildman–Crippen MR) is 36.7 cm³/mol. The number of benzene rings is 1. The van der Waals surface area contributed by atoms with Crippen molar-refractivity contribution in [3.8, 4) is 0 Å². The molecule has 0 spiro atoms. The fourth-order valence-corrected chi connectivity index (χ4v) is 0.752. The van der Waals surface area contributed by atoms with Gasteiger partial charge >= 0.3 is 0 Å². The standard InChI is InChI=1S/C8H9O2/c1-7-2-4-8(5-3-7)6-10-9/h2-5H,6H2,1H3. The predicted octanol–water partition coefficient (Wildman–Crippen LogP) is 1.86. The van der Waals surface area contributed by atoms with Gasteiger partial charge < -0.3 is 0 Å². The Kier molecular flexibility index (Phi) is 2.42. The van der Waals surface area contributed by atoms with Gasteiger partial charge in [-0.2, -0.15) is 4.89 Å².